The predicted octanol–water partition coefficient (Wildman–Crippen LogP) is 4.61. The number of fused-ring (bicyclic) bond motifs is 2. The minimum Gasteiger partial charge on any atom is -0.464 e. The van der Waals surface area contributed by atoms with Crippen molar-refractivity contribution in [2.24, 2.45) is 0 Å². The number of likely N-dealkylation sites (N-methyl/N-ethyl adjacent to an activating group) is 1. The number of hydrogen-bond donors (Lipinski definition) is 0. The molecule has 5 rings (SSSR count). The Labute approximate surface area is 148 Å². The van der Waals surface area contributed by atoms with E-state index in [1.165, 1.54) is 53.7 Å². The molecule has 0 saturated carbocycles. The zero-order valence-corrected chi connectivity index (χ0v) is 14.7. The zero-order chi connectivity index (χ0) is 16.8. The number of anilines is 1. The summed E-state index contributed by atoms with van der Waals surface area (Å²) < 4.78 is 5.63. The van der Waals surface area contributed by atoms with Crippen molar-refractivity contribution in [3.63, 3.8) is 0 Å². The monoisotopic (exact) mass is 332 g/mol. The Bertz CT molecular complexity index is 907. The highest BCUT2D eigenvalue weighted by Gasteiger charge is 2.26. The van der Waals surface area contributed by atoms with Crippen molar-refractivity contribution in [1.82, 2.24) is 4.90 Å². The summed E-state index contributed by atoms with van der Waals surface area (Å²) in [5, 5.41) is 1.18. The van der Waals surface area contributed by atoms with Gasteiger partial charge in [0.2, 0.25) is 0 Å². The molecule has 3 nitrogen and oxygen atoms in total. The van der Waals surface area contributed by atoms with Crippen LogP contribution >= 0.6 is 0 Å². The van der Waals surface area contributed by atoms with Gasteiger partial charge in [-0.2, -0.15) is 0 Å². The summed E-state index contributed by atoms with van der Waals surface area (Å²) in [6.07, 6.45) is 4.42. The largest absolute Gasteiger partial charge is 0.464 e. The number of nitrogens with zero attached hydrogens (tertiary/aromatic N) is 2. The summed E-state index contributed by atoms with van der Waals surface area (Å²) in [5.74, 6) is 0.413. The molecule has 1 saturated heterocycles. The molecule has 25 heavy (non-hydrogen) atoms. The molecule has 3 heteroatoms. The lowest BCUT2D eigenvalue weighted by atomic mass is 9.84. The van der Waals surface area contributed by atoms with Gasteiger partial charge < -0.3 is 14.2 Å². The first-order valence-electron chi connectivity index (χ1n) is 9.31. The minimum absolute atomic E-state index is 0.413. The Morgan fingerprint density at radius 1 is 1.00 bits per heavy atom. The van der Waals surface area contributed by atoms with Crippen LogP contribution in [0.4, 0.5) is 5.69 Å². The first kappa shape index (κ1) is 15.0. The van der Waals surface area contributed by atoms with Crippen LogP contribution in [-0.2, 0) is 6.54 Å². The van der Waals surface area contributed by atoms with Crippen molar-refractivity contribution in [1.29, 1.82) is 0 Å². The summed E-state index contributed by atoms with van der Waals surface area (Å²) in [6, 6.07) is 15.8. The molecule has 3 heterocycles. The Kier molecular flexibility index (Phi) is 3.56. The van der Waals surface area contributed by atoms with Gasteiger partial charge in [0.15, 0.2) is 0 Å². The molecule has 0 radical (unpaired) electrons. The first-order valence-corrected chi connectivity index (χ1v) is 9.31. The Hall–Kier alpha value is -2.26. The van der Waals surface area contributed by atoms with Crippen molar-refractivity contribution < 1.29 is 4.42 Å². The lowest BCUT2D eigenvalue weighted by molar-refractivity contribution is 0.295. The van der Waals surface area contributed by atoms with Crippen LogP contribution in [0, 0.1) is 0 Å². The van der Waals surface area contributed by atoms with E-state index in [1.807, 2.05) is 6.07 Å². The minimum atomic E-state index is 0.413. The SMILES string of the molecule is CN1Cc2cc(N3CCCC3)ccc2C(c2ccc3ccoc3c2)C1. The Balaban J connectivity index is 1.55. The second-order valence-corrected chi connectivity index (χ2v) is 7.54. The van der Waals surface area contributed by atoms with Gasteiger partial charge in [-0.3, -0.25) is 0 Å². The van der Waals surface area contributed by atoms with Gasteiger partial charge in [0.05, 0.1) is 6.26 Å². The summed E-state index contributed by atoms with van der Waals surface area (Å²) in [7, 11) is 2.23. The summed E-state index contributed by atoms with van der Waals surface area (Å²) >= 11 is 0. The van der Waals surface area contributed by atoms with E-state index in [4.69, 9.17) is 4.42 Å². The lowest BCUT2D eigenvalue weighted by Gasteiger charge is -2.33. The quantitative estimate of drug-likeness (QED) is 0.683. The van der Waals surface area contributed by atoms with Crippen molar-refractivity contribution in [3.05, 3.63) is 65.4 Å². The molecule has 128 valence electrons. The van der Waals surface area contributed by atoms with Crippen LogP contribution in [-0.4, -0.2) is 31.6 Å². The third-order valence-corrected chi connectivity index (χ3v) is 5.79. The fraction of sp³-hybridized carbons (Fsp3) is 0.364. The maximum absolute atomic E-state index is 5.63. The molecule has 1 fully saturated rings. The maximum atomic E-state index is 5.63. The number of furan rings is 1. The molecule has 2 aromatic carbocycles. The second-order valence-electron chi connectivity index (χ2n) is 7.54. The smallest absolute Gasteiger partial charge is 0.134 e. The highest BCUT2D eigenvalue weighted by molar-refractivity contribution is 5.78. The zero-order valence-electron chi connectivity index (χ0n) is 14.7. The second kappa shape index (κ2) is 5.92. The van der Waals surface area contributed by atoms with E-state index >= 15 is 0 Å². The standard InChI is InChI=1S/C22H24N2O/c1-23-14-18-12-19(24-9-2-3-10-24)6-7-20(18)21(15-23)17-5-4-16-8-11-25-22(16)13-17/h4-8,11-13,21H,2-3,9-10,14-15H2,1H3. The van der Waals surface area contributed by atoms with E-state index in [2.05, 4.69) is 53.2 Å². The molecule has 1 atom stereocenters. The molecule has 0 N–H and O–H groups in total. The van der Waals surface area contributed by atoms with E-state index in [1.54, 1.807) is 6.26 Å². The van der Waals surface area contributed by atoms with E-state index in [0.717, 1.165) is 18.7 Å². The van der Waals surface area contributed by atoms with Crippen LogP contribution in [0.2, 0.25) is 0 Å². The molecule has 2 aliphatic heterocycles. The van der Waals surface area contributed by atoms with Gasteiger partial charge in [-0.25, -0.2) is 0 Å². The van der Waals surface area contributed by atoms with Crippen molar-refractivity contribution in [3.8, 4) is 0 Å². The third kappa shape index (κ3) is 2.63. The molecule has 0 bridgehead atoms. The van der Waals surface area contributed by atoms with E-state index < -0.39 is 0 Å². The first-order chi connectivity index (χ1) is 12.3. The Morgan fingerprint density at radius 2 is 1.88 bits per heavy atom. The highest BCUT2D eigenvalue weighted by Crippen LogP contribution is 2.36. The van der Waals surface area contributed by atoms with Gasteiger partial charge in [0, 0.05) is 43.2 Å². The lowest BCUT2D eigenvalue weighted by Crippen LogP contribution is -2.31. The average molecular weight is 332 g/mol. The van der Waals surface area contributed by atoms with Gasteiger partial charge in [-0.05, 0) is 60.8 Å². The molecular weight excluding hydrogens is 308 g/mol. The van der Waals surface area contributed by atoms with Crippen LogP contribution in [0.3, 0.4) is 0 Å². The van der Waals surface area contributed by atoms with Crippen LogP contribution in [0.15, 0.2) is 53.1 Å². The molecule has 0 amide bonds. The normalized spacial score (nSPS) is 21.0. The van der Waals surface area contributed by atoms with Gasteiger partial charge in [-0.1, -0.05) is 18.2 Å². The van der Waals surface area contributed by atoms with Gasteiger partial charge >= 0.3 is 0 Å². The van der Waals surface area contributed by atoms with Crippen LogP contribution in [0.1, 0.15) is 35.4 Å². The number of benzene rings is 2. The third-order valence-electron chi connectivity index (χ3n) is 5.79. The van der Waals surface area contributed by atoms with Gasteiger partial charge in [-0.15, -0.1) is 0 Å². The molecule has 1 unspecified atom stereocenters. The highest BCUT2D eigenvalue weighted by atomic mass is 16.3. The number of hydrogen-bond acceptors (Lipinski definition) is 3. The van der Waals surface area contributed by atoms with Crippen molar-refractivity contribution in [2.45, 2.75) is 25.3 Å². The maximum Gasteiger partial charge on any atom is 0.134 e. The van der Waals surface area contributed by atoms with Gasteiger partial charge in [0.25, 0.3) is 0 Å². The van der Waals surface area contributed by atoms with E-state index in [-0.39, 0.29) is 0 Å². The van der Waals surface area contributed by atoms with E-state index in [0.29, 0.717) is 5.92 Å². The molecule has 1 aromatic heterocycles. The topological polar surface area (TPSA) is 19.6 Å². The molecule has 3 aromatic rings. The molecule has 2 aliphatic rings. The van der Waals surface area contributed by atoms with Crippen LogP contribution < -0.4 is 4.90 Å². The predicted molar refractivity (Wildman–Crippen MR) is 102 cm³/mol. The average Bonchev–Trinajstić information content (AvgIpc) is 3.31. The summed E-state index contributed by atoms with van der Waals surface area (Å²) in [4.78, 5) is 4.96. The molecule has 0 spiro atoms. The van der Waals surface area contributed by atoms with Crippen LogP contribution in [0.25, 0.3) is 11.0 Å². The van der Waals surface area contributed by atoms with E-state index in [9.17, 15) is 0 Å². The van der Waals surface area contributed by atoms with Gasteiger partial charge in [0.1, 0.15) is 5.58 Å². The van der Waals surface area contributed by atoms with Crippen molar-refractivity contribution >= 4 is 16.7 Å². The van der Waals surface area contributed by atoms with Crippen LogP contribution in [0.5, 0.6) is 0 Å². The molecule has 0 aliphatic carbocycles. The number of rotatable bonds is 2. The fourth-order valence-electron chi connectivity index (χ4n) is 4.48. The fourth-order valence-corrected chi connectivity index (χ4v) is 4.48. The Morgan fingerprint density at radius 3 is 2.76 bits per heavy atom. The summed E-state index contributed by atoms with van der Waals surface area (Å²) in [6.45, 7) is 4.50. The summed E-state index contributed by atoms with van der Waals surface area (Å²) in [5.41, 5.74) is 6.69. The van der Waals surface area contributed by atoms with Crippen molar-refractivity contribution in [2.75, 3.05) is 31.6 Å². The molecular formula is C22H24N2O.